The maximum atomic E-state index is 12.4. The SMILES string of the molecule is CN1CCN(c2ccc(N)cc2OC(F)(F)F)CC1. The molecule has 2 rings (SSSR count). The van der Waals surface area contributed by atoms with Crippen molar-refractivity contribution in [1.82, 2.24) is 4.90 Å². The molecule has 0 radical (unpaired) electrons. The fraction of sp³-hybridized carbons (Fsp3) is 0.500. The monoisotopic (exact) mass is 275 g/mol. The molecule has 4 nitrogen and oxygen atoms in total. The maximum Gasteiger partial charge on any atom is 0.573 e. The number of anilines is 2. The quantitative estimate of drug-likeness (QED) is 0.837. The van der Waals surface area contributed by atoms with E-state index in [-0.39, 0.29) is 11.4 Å². The van der Waals surface area contributed by atoms with Crippen LogP contribution in [0, 0.1) is 0 Å². The van der Waals surface area contributed by atoms with Crippen molar-refractivity contribution in [3.8, 4) is 5.75 Å². The second-order valence-electron chi connectivity index (χ2n) is 4.57. The molecule has 19 heavy (non-hydrogen) atoms. The fourth-order valence-electron chi connectivity index (χ4n) is 2.05. The van der Waals surface area contributed by atoms with E-state index in [4.69, 9.17) is 5.73 Å². The van der Waals surface area contributed by atoms with Gasteiger partial charge in [0.1, 0.15) is 0 Å². The molecule has 0 unspecified atom stereocenters. The van der Waals surface area contributed by atoms with Gasteiger partial charge in [-0.25, -0.2) is 0 Å². The van der Waals surface area contributed by atoms with Gasteiger partial charge in [0.2, 0.25) is 0 Å². The first-order valence-electron chi connectivity index (χ1n) is 5.94. The van der Waals surface area contributed by atoms with Gasteiger partial charge in [-0.1, -0.05) is 0 Å². The lowest BCUT2D eigenvalue weighted by Gasteiger charge is -2.35. The second kappa shape index (κ2) is 5.16. The summed E-state index contributed by atoms with van der Waals surface area (Å²) in [7, 11) is 1.98. The minimum absolute atomic E-state index is 0.239. The Morgan fingerprint density at radius 3 is 2.37 bits per heavy atom. The van der Waals surface area contributed by atoms with Crippen LogP contribution in [0.4, 0.5) is 24.5 Å². The number of alkyl halides is 3. The van der Waals surface area contributed by atoms with Gasteiger partial charge in [0, 0.05) is 37.9 Å². The van der Waals surface area contributed by atoms with Gasteiger partial charge >= 0.3 is 6.36 Å². The van der Waals surface area contributed by atoms with Gasteiger partial charge in [0.25, 0.3) is 0 Å². The first kappa shape index (κ1) is 13.8. The summed E-state index contributed by atoms with van der Waals surface area (Å²) >= 11 is 0. The number of piperazine rings is 1. The van der Waals surface area contributed by atoms with Crippen molar-refractivity contribution in [3.63, 3.8) is 0 Å². The molecule has 1 aliphatic heterocycles. The van der Waals surface area contributed by atoms with Gasteiger partial charge in [0.15, 0.2) is 5.75 Å². The van der Waals surface area contributed by atoms with E-state index in [2.05, 4.69) is 9.64 Å². The second-order valence-corrected chi connectivity index (χ2v) is 4.57. The highest BCUT2D eigenvalue weighted by molar-refractivity contribution is 5.64. The Hall–Kier alpha value is -1.63. The number of nitrogens with two attached hydrogens (primary N) is 1. The first-order valence-corrected chi connectivity index (χ1v) is 5.94. The van der Waals surface area contributed by atoms with E-state index >= 15 is 0 Å². The Morgan fingerprint density at radius 1 is 1.16 bits per heavy atom. The molecule has 0 amide bonds. The summed E-state index contributed by atoms with van der Waals surface area (Å²) in [5, 5.41) is 0. The van der Waals surface area contributed by atoms with Crippen LogP contribution in [0.5, 0.6) is 5.75 Å². The van der Waals surface area contributed by atoms with Crippen molar-refractivity contribution in [3.05, 3.63) is 18.2 Å². The third-order valence-corrected chi connectivity index (χ3v) is 3.05. The zero-order valence-electron chi connectivity index (χ0n) is 10.6. The lowest BCUT2D eigenvalue weighted by Crippen LogP contribution is -2.44. The van der Waals surface area contributed by atoms with Crippen LogP contribution >= 0.6 is 0 Å². The highest BCUT2D eigenvalue weighted by Gasteiger charge is 2.33. The Labute approximate surface area is 109 Å². The summed E-state index contributed by atoms with van der Waals surface area (Å²) in [6, 6.07) is 4.36. The van der Waals surface area contributed by atoms with Crippen LogP contribution < -0.4 is 15.4 Å². The third-order valence-electron chi connectivity index (χ3n) is 3.05. The predicted octanol–water partition coefficient (Wildman–Crippen LogP) is 1.92. The number of halogens is 3. The minimum atomic E-state index is -4.71. The largest absolute Gasteiger partial charge is 0.573 e. The van der Waals surface area contributed by atoms with E-state index in [1.807, 2.05) is 11.9 Å². The average molecular weight is 275 g/mol. The van der Waals surface area contributed by atoms with E-state index < -0.39 is 6.36 Å². The summed E-state index contributed by atoms with van der Waals surface area (Å²) in [4.78, 5) is 4.00. The molecule has 0 bridgehead atoms. The van der Waals surface area contributed by atoms with Crippen molar-refractivity contribution in [2.24, 2.45) is 0 Å². The smallest absolute Gasteiger partial charge is 0.403 e. The molecule has 7 heteroatoms. The summed E-state index contributed by atoms with van der Waals surface area (Å²) in [6.45, 7) is 2.93. The summed E-state index contributed by atoms with van der Waals surface area (Å²) in [5.41, 5.74) is 6.20. The standard InChI is InChI=1S/C12H16F3N3O/c1-17-4-6-18(7-5-17)10-3-2-9(16)8-11(10)19-12(13,14)15/h2-3,8H,4-7,16H2,1H3. The Morgan fingerprint density at radius 2 is 1.79 bits per heavy atom. The summed E-state index contributed by atoms with van der Waals surface area (Å²) in [6.07, 6.45) is -4.71. The Balaban J connectivity index is 2.24. The van der Waals surface area contributed by atoms with Crippen LogP contribution in [0.3, 0.4) is 0 Å². The number of hydrogen-bond donors (Lipinski definition) is 1. The van der Waals surface area contributed by atoms with Gasteiger partial charge in [-0.05, 0) is 19.2 Å². The number of benzene rings is 1. The van der Waals surface area contributed by atoms with Crippen LogP contribution in [0.15, 0.2) is 18.2 Å². The van der Waals surface area contributed by atoms with Crippen LogP contribution in [0.1, 0.15) is 0 Å². The summed E-state index contributed by atoms with van der Waals surface area (Å²) < 4.78 is 41.2. The van der Waals surface area contributed by atoms with Gasteiger partial charge in [-0.15, -0.1) is 13.2 Å². The molecule has 1 aliphatic rings. The van der Waals surface area contributed by atoms with Crippen LogP contribution in [-0.2, 0) is 0 Å². The molecule has 0 saturated carbocycles. The lowest BCUT2D eigenvalue weighted by molar-refractivity contribution is -0.274. The van der Waals surface area contributed by atoms with Gasteiger partial charge in [0.05, 0.1) is 5.69 Å². The molecule has 1 fully saturated rings. The van der Waals surface area contributed by atoms with Gasteiger partial charge in [-0.3, -0.25) is 0 Å². The molecule has 1 aromatic rings. The number of nitrogens with zero attached hydrogens (tertiary/aromatic N) is 2. The first-order chi connectivity index (χ1) is 8.85. The Kier molecular flexibility index (Phi) is 3.75. The molecule has 1 saturated heterocycles. The number of hydrogen-bond acceptors (Lipinski definition) is 4. The van der Waals surface area contributed by atoms with Crippen LogP contribution in [0.2, 0.25) is 0 Å². The van der Waals surface area contributed by atoms with Crippen molar-refractivity contribution in [1.29, 1.82) is 0 Å². The number of rotatable bonds is 2. The van der Waals surface area contributed by atoms with Gasteiger partial charge < -0.3 is 20.3 Å². The lowest BCUT2D eigenvalue weighted by atomic mass is 10.2. The third kappa shape index (κ3) is 3.66. The topological polar surface area (TPSA) is 41.7 Å². The van der Waals surface area contributed by atoms with Crippen molar-refractivity contribution in [2.45, 2.75) is 6.36 Å². The minimum Gasteiger partial charge on any atom is -0.403 e. The molecule has 0 aromatic heterocycles. The molecule has 106 valence electrons. The average Bonchev–Trinajstić information content (AvgIpc) is 2.29. The molecule has 0 aliphatic carbocycles. The number of nitrogen functional groups attached to an aromatic ring is 1. The highest BCUT2D eigenvalue weighted by Crippen LogP contribution is 2.35. The Bertz CT molecular complexity index is 442. The molecule has 1 heterocycles. The highest BCUT2D eigenvalue weighted by atomic mass is 19.4. The van der Waals surface area contributed by atoms with E-state index in [0.717, 1.165) is 13.1 Å². The maximum absolute atomic E-state index is 12.4. The van der Waals surface area contributed by atoms with Crippen LogP contribution in [-0.4, -0.2) is 44.5 Å². The van der Waals surface area contributed by atoms with Crippen LogP contribution in [0.25, 0.3) is 0 Å². The normalized spacial score (nSPS) is 17.6. The number of ether oxygens (including phenoxy) is 1. The zero-order chi connectivity index (χ0) is 14.0. The van der Waals surface area contributed by atoms with E-state index in [1.54, 1.807) is 12.1 Å². The van der Waals surface area contributed by atoms with E-state index in [1.165, 1.54) is 6.07 Å². The fourth-order valence-corrected chi connectivity index (χ4v) is 2.05. The van der Waals surface area contributed by atoms with Crippen molar-refractivity contribution in [2.75, 3.05) is 43.9 Å². The van der Waals surface area contributed by atoms with E-state index in [0.29, 0.717) is 18.8 Å². The van der Waals surface area contributed by atoms with Gasteiger partial charge in [-0.2, -0.15) is 0 Å². The molecule has 0 spiro atoms. The molecular formula is C12H16F3N3O. The summed E-state index contributed by atoms with van der Waals surface area (Å²) in [5.74, 6) is -0.239. The molecular weight excluding hydrogens is 259 g/mol. The van der Waals surface area contributed by atoms with Crippen molar-refractivity contribution >= 4 is 11.4 Å². The molecule has 1 aromatic carbocycles. The van der Waals surface area contributed by atoms with E-state index in [9.17, 15) is 13.2 Å². The molecule has 0 atom stereocenters. The molecule has 2 N–H and O–H groups in total. The number of likely N-dealkylation sites (N-methyl/N-ethyl adjacent to an activating group) is 1. The predicted molar refractivity (Wildman–Crippen MR) is 67.2 cm³/mol. The van der Waals surface area contributed by atoms with Crippen molar-refractivity contribution < 1.29 is 17.9 Å². The zero-order valence-corrected chi connectivity index (χ0v) is 10.6.